The Kier molecular flexibility index (Phi) is 6.69. The number of carbonyl (C=O) groups excluding carboxylic acids is 2. The predicted molar refractivity (Wildman–Crippen MR) is 137 cm³/mol. The molecule has 0 saturated heterocycles. The van der Waals surface area contributed by atoms with E-state index in [1.807, 2.05) is 18.5 Å². The van der Waals surface area contributed by atoms with Gasteiger partial charge in [-0.1, -0.05) is 18.2 Å². The van der Waals surface area contributed by atoms with Crippen LogP contribution >= 0.6 is 0 Å². The van der Waals surface area contributed by atoms with E-state index in [0.29, 0.717) is 17.7 Å². The van der Waals surface area contributed by atoms with Crippen molar-refractivity contribution in [2.24, 2.45) is 0 Å². The van der Waals surface area contributed by atoms with Crippen LogP contribution in [-0.2, 0) is 16.0 Å². The predicted octanol–water partition coefficient (Wildman–Crippen LogP) is 5.32. The molecule has 0 atom stereocenters. The Morgan fingerprint density at radius 2 is 1.71 bits per heavy atom. The second-order valence-corrected chi connectivity index (χ2v) is 8.85. The Bertz CT molecular complexity index is 1450. The molecule has 180 valence electrons. The minimum absolute atomic E-state index is 0.178. The van der Waals surface area contributed by atoms with Crippen molar-refractivity contribution in [2.45, 2.75) is 47.5 Å². The van der Waals surface area contributed by atoms with Crippen LogP contribution in [0.5, 0.6) is 0 Å². The van der Waals surface area contributed by atoms with Crippen LogP contribution in [0.3, 0.4) is 0 Å². The van der Waals surface area contributed by atoms with Gasteiger partial charge in [-0.25, -0.2) is 14.5 Å². The lowest BCUT2D eigenvalue weighted by Gasteiger charge is -2.13. The summed E-state index contributed by atoms with van der Waals surface area (Å²) in [4.78, 5) is 29.6. The lowest BCUT2D eigenvalue weighted by molar-refractivity contribution is -0.116. The van der Waals surface area contributed by atoms with Crippen LogP contribution < -0.4 is 5.32 Å². The van der Waals surface area contributed by atoms with Gasteiger partial charge < -0.3 is 10.1 Å². The maximum atomic E-state index is 12.8. The SMILES string of the molecule is COC(=O)c1ccccc1NC(=O)CCc1c(C)nc2c(c(C)nn2-c2ccc(C)c(C)c2)c1C. The van der Waals surface area contributed by atoms with E-state index >= 15 is 0 Å². The molecule has 0 aliphatic rings. The minimum atomic E-state index is -0.488. The molecule has 0 unspecified atom stereocenters. The number of rotatable bonds is 6. The molecular weight excluding hydrogens is 440 g/mol. The summed E-state index contributed by atoms with van der Waals surface area (Å²) in [6.07, 6.45) is 0.788. The summed E-state index contributed by atoms with van der Waals surface area (Å²) in [5.74, 6) is -0.665. The number of hydrogen-bond acceptors (Lipinski definition) is 5. The van der Waals surface area contributed by atoms with Crippen molar-refractivity contribution < 1.29 is 14.3 Å². The van der Waals surface area contributed by atoms with Gasteiger partial charge in [0.2, 0.25) is 5.91 Å². The van der Waals surface area contributed by atoms with E-state index in [-0.39, 0.29) is 12.3 Å². The number of ether oxygens (including phenoxy) is 1. The van der Waals surface area contributed by atoms with E-state index in [9.17, 15) is 9.59 Å². The van der Waals surface area contributed by atoms with E-state index in [2.05, 4.69) is 44.3 Å². The summed E-state index contributed by atoms with van der Waals surface area (Å²) in [6.45, 7) is 10.2. The maximum absolute atomic E-state index is 12.8. The fraction of sp³-hybridized carbons (Fsp3) is 0.286. The average Bonchev–Trinajstić information content (AvgIpc) is 3.16. The van der Waals surface area contributed by atoms with Gasteiger partial charge in [0, 0.05) is 17.5 Å². The van der Waals surface area contributed by atoms with Gasteiger partial charge in [-0.15, -0.1) is 0 Å². The van der Waals surface area contributed by atoms with E-state index in [0.717, 1.165) is 39.2 Å². The summed E-state index contributed by atoms with van der Waals surface area (Å²) in [5.41, 5.74) is 8.91. The van der Waals surface area contributed by atoms with Crippen LogP contribution in [0.15, 0.2) is 42.5 Å². The van der Waals surface area contributed by atoms with Crippen molar-refractivity contribution in [1.82, 2.24) is 14.8 Å². The fourth-order valence-corrected chi connectivity index (χ4v) is 4.44. The number of aromatic nitrogens is 3. The smallest absolute Gasteiger partial charge is 0.339 e. The first-order valence-electron chi connectivity index (χ1n) is 11.6. The molecule has 0 spiro atoms. The van der Waals surface area contributed by atoms with Crippen LogP contribution in [0.1, 0.15) is 50.4 Å². The molecule has 2 heterocycles. The first-order chi connectivity index (χ1) is 16.7. The molecule has 0 aliphatic heterocycles. The number of pyridine rings is 1. The van der Waals surface area contributed by atoms with Crippen LogP contribution in [0.4, 0.5) is 5.69 Å². The van der Waals surface area contributed by atoms with Crippen molar-refractivity contribution in [1.29, 1.82) is 0 Å². The molecule has 35 heavy (non-hydrogen) atoms. The van der Waals surface area contributed by atoms with Crippen LogP contribution in [0.25, 0.3) is 16.7 Å². The molecule has 2 aromatic heterocycles. The zero-order valence-corrected chi connectivity index (χ0v) is 21.0. The molecule has 0 aliphatic carbocycles. The van der Waals surface area contributed by atoms with Crippen molar-refractivity contribution >= 4 is 28.6 Å². The molecule has 7 heteroatoms. The normalized spacial score (nSPS) is 11.0. The number of para-hydroxylation sites is 1. The van der Waals surface area contributed by atoms with Gasteiger partial charge >= 0.3 is 5.97 Å². The summed E-state index contributed by atoms with van der Waals surface area (Å²) < 4.78 is 6.71. The Hall–Kier alpha value is -4.00. The summed E-state index contributed by atoms with van der Waals surface area (Å²) in [5, 5.41) is 8.65. The third-order valence-electron chi connectivity index (χ3n) is 6.52. The summed E-state index contributed by atoms with van der Waals surface area (Å²) in [6, 6.07) is 13.1. The van der Waals surface area contributed by atoms with E-state index in [1.165, 1.54) is 18.2 Å². The molecule has 7 nitrogen and oxygen atoms in total. The zero-order valence-electron chi connectivity index (χ0n) is 21.0. The number of benzene rings is 2. The number of aryl methyl sites for hydroxylation is 5. The number of carbonyl (C=O) groups is 2. The topological polar surface area (TPSA) is 86.1 Å². The Morgan fingerprint density at radius 3 is 2.43 bits per heavy atom. The van der Waals surface area contributed by atoms with Crippen LogP contribution in [0.2, 0.25) is 0 Å². The monoisotopic (exact) mass is 470 g/mol. The van der Waals surface area contributed by atoms with E-state index < -0.39 is 5.97 Å². The fourth-order valence-electron chi connectivity index (χ4n) is 4.44. The largest absolute Gasteiger partial charge is 0.465 e. The van der Waals surface area contributed by atoms with Gasteiger partial charge in [0.25, 0.3) is 0 Å². The number of nitrogens with zero attached hydrogens (tertiary/aromatic N) is 3. The standard InChI is InChI=1S/C28H30N4O3/c1-16-11-12-21(15-17(16)2)32-27-26(20(5)31-32)18(3)22(19(4)29-27)13-14-25(33)30-24-10-8-7-9-23(24)28(34)35-6/h7-12,15H,13-14H2,1-6H3,(H,30,33). The first kappa shape index (κ1) is 24.1. The Morgan fingerprint density at radius 1 is 0.971 bits per heavy atom. The van der Waals surface area contributed by atoms with Gasteiger partial charge in [-0.3, -0.25) is 4.79 Å². The minimum Gasteiger partial charge on any atom is -0.465 e. The Balaban J connectivity index is 1.60. The van der Waals surface area contributed by atoms with Crippen molar-refractivity contribution in [3.8, 4) is 5.69 Å². The molecule has 1 N–H and O–H groups in total. The molecule has 0 fully saturated rings. The van der Waals surface area contributed by atoms with Crippen molar-refractivity contribution in [2.75, 3.05) is 12.4 Å². The maximum Gasteiger partial charge on any atom is 0.339 e. The molecule has 0 saturated carbocycles. The van der Waals surface area contributed by atoms with E-state index in [4.69, 9.17) is 14.8 Å². The van der Waals surface area contributed by atoms with Crippen LogP contribution in [0, 0.1) is 34.6 Å². The highest BCUT2D eigenvalue weighted by Gasteiger charge is 2.19. The highest BCUT2D eigenvalue weighted by atomic mass is 16.5. The van der Waals surface area contributed by atoms with Gasteiger partial charge in [-0.2, -0.15) is 5.10 Å². The summed E-state index contributed by atoms with van der Waals surface area (Å²) in [7, 11) is 1.32. The summed E-state index contributed by atoms with van der Waals surface area (Å²) >= 11 is 0. The molecule has 4 rings (SSSR count). The number of nitrogens with one attached hydrogen (secondary N) is 1. The second-order valence-electron chi connectivity index (χ2n) is 8.85. The molecule has 1 amide bonds. The lowest BCUT2D eigenvalue weighted by atomic mass is 9.99. The average molecular weight is 471 g/mol. The number of fused-ring (bicyclic) bond motifs is 1. The third-order valence-corrected chi connectivity index (χ3v) is 6.52. The lowest BCUT2D eigenvalue weighted by Crippen LogP contribution is -2.16. The zero-order chi connectivity index (χ0) is 25.3. The molecular formula is C28H30N4O3. The highest BCUT2D eigenvalue weighted by Crippen LogP contribution is 2.29. The van der Waals surface area contributed by atoms with Gasteiger partial charge in [-0.05, 0) is 87.6 Å². The second kappa shape index (κ2) is 9.70. The highest BCUT2D eigenvalue weighted by molar-refractivity contribution is 6.01. The molecule has 4 aromatic rings. The number of amides is 1. The quantitative estimate of drug-likeness (QED) is 0.386. The van der Waals surface area contributed by atoms with Gasteiger partial charge in [0.15, 0.2) is 5.65 Å². The van der Waals surface area contributed by atoms with Crippen molar-refractivity contribution in [3.05, 3.63) is 81.7 Å². The molecule has 2 aromatic carbocycles. The van der Waals surface area contributed by atoms with Gasteiger partial charge in [0.05, 0.1) is 29.7 Å². The number of esters is 1. The van der Waals surface area contributed by atoms with Crippen molar-refractivity contribution in [3.63, 3.8) is 0 Å². The Labute approximate surface area is 205 Å². The molecule has 0 radical (unpaired) electrons. The number of methoxy groups -OCH3 is 1. The van der Waals surface area contributed by atoms with Crippen LogP contribution in [-0.4, -0.2) is 33.8 Å². The third kappa shape index (κ3) is 4.67. The first-order valence-corrected chi connectivity index (χ1v) is 11.6. The number of hydrogen-bond donors (Lipinski definition) is 1. The van der Waals surface area contributed by atoms with Gasteiger partial charge in [0.1, 0.15) is 0 Å². The number of anilines is 1. The van der Waals surface area contributed by atoms with E-state index in [1.54, 1.807) is 24.3 Å². The molecule has 0 bridgehead atoms.